The van der Waals surface area contributed by atoms with Crippen LogP contribution in [0.25, 0.3) is 0 Å². The Bertz CT molecular complexity index is 516. The van der Waals surface area contributed by atoms with Gasteiger partial charge in [-0.15, -0.1) is 6.58 Å². The van der Waals surface area contributed by atoms with Crippen molar-refractivity contribution >= 4 is 5.91 Å². The van der Waals surface area contributed by atoms with Crippen LogP contribution in [0.15, 0.2) is 24.8 Å². The summed E-state index contributed by atoms with van der Waals surface area (Å²) < 4.78 is 16.0. The van der Waals surface area contributed by atoms with Crippen LogP contribution in [0, 0.1) is 5.92 Å². The van der Waals surface area contributed by atoms with Gasteiger partial charge in [-0.2, -0.15) is 0 Å². The molecule has 1 atom stereocenters. The van der Waals surface area contributed by atoms with Gasteiger partial charge in [0, 0.05) is 31.0 Å². The molecule has 2 rings (SSSR count). The fourth-order valence-electron chi connectivity index (χ4n) is 2.54. The Morgan fingerprint density at radius 3 is 2.29 bits per heavy atom. The molecule has 1 aliphatic rings. The van der Waals surface area contributed by atoms with Crippen LogP contribution in [0.3, 0.4) is 0 Å². The molecule has 0 N–H and O–H groups in total. The summed E-state index contributed by atoms with van der Waals surface area (Å²) in [5.41, 5.74) is 0.846. The SMILES string of the molecule is C=CC1CC(=O)N(Cc2c(OC)cc(OC)cc2OC)C1. The average molecular weight is 291 g/mol. The first-order valence-electron chi connectivity index (χ1n) is 6.82. The molecule has 0 spiro atoms. The van der Waals surface area contributed by atoms with Gasteiger partial charge in [-0.25, -0.2) is 0 Å². The maximum absolute atomic E-state index is 12.0. The Balaban J connectivity index is 2.30. The molecule has 1 aromatic carbocycles. The second kappa shape index (κ2) is 6.52. The molecule has 1 amide bonds. The molecular weight excluding hydrogens is 270 g/mol. The first-order chi connectivity index (χ1) is 10.1. The van der Waals surface area contributed by atoms with E-state index in [1.807, 2.05) is 6.08 Å². The second-order valence-electron chi connectivity index (χ2n) is 4.98. The molecule has 1 aromatic rings. The van der Waals surface area contributed by atoms with E-state index in [0.29, 0.717) is 36.8 Å². The van der Waals surface area contributed by atoms with Gasteiger partial charge in [-0.3, -0.25) is 4.79 Å². The lowest BCUT2D eigenvalue weighted by atomic mass is 10.1. The molecule has 5 nitrogen and oxygen atoms in total. The van der Waals surface area contributed by atoms with E-state index in [0.717, 1.165) is 5.56 Å². The number of nitrogens with zero attached hydrogens (tertiary/aromatic N) is 1. The van der Waals surface area contributed by atoms with Crippen LogP contribution in [-0.4, -0.2) is 38.7 Å². The zero-order valence-corrected chi connectivity index (χ0v) is 12.7. The normalized spacial score (nSPS) is 17.8. The zero-order valence-electron chi connectivity index (χ0n) is 12.7. The van der Waals surface area contributed by atoms with Crippen LogP contribution < -0.4 is 14.2 Å². The van der Waals surface area contributed by atoms with E-state index in [1.54, 1.807) is 38.4 Å². The molecule has 21 heavy (non-hydrogen) atoms. The van der Waals surface area contributed by atoms with Gasteiger partial charge >= 0.3 is 0 Å². The predicted octanol–water partition coefficient (Wildman–Crippen LogP) is 2.25. The number of benzene rings is 1. The van der Waals surface area contributed by atoms with Crippen molar-refractivity contribution < 1.29 is 19.0 Å². The fraction of sp³-hybridized carbons (Fsp3) is 0.438. The van der Waals surface area contributed by atoms with Gasteiger partial charge in [0.25, 0.3) is 0 Å². The van der Waals surface area contributed by atoms with Crippen molar-refractivity contribution in [2.45, 2.75) is 13.0 Å². The third kappa shape index (κ3) is 3.12. The Morgan fingerprint density at radius 2 is 1.86 bits per heavy atom. The number of hydrogen-bond acceptors (Lipinski definition) is 4. The number of likely N-dealkylation sites (tertiary alicyclic amines) is 1. The van der Waals surface area contributed by atoms with Crippen molar-refractivity contribution in [2.24, 2.45) is 5.92 Å². The number of ether oxygens (including phenoxy) is 3. The van der Waals surface area contributed by atoms with E-state index in [4.69, 9.17) is 14.2 Å². The Morgan fingerprint density at radius 1 is 1.24 bits per heavy atom. The van der Waals surface area contributed by atoms with Crippen molar-refractivity contribution in [3.05, 3.63) is 30.4 Å². The zero-order chi connectivity index (χ0) is 15.4. The van der Waals surface area contributed by atoms with Crippen molar-refractivity contribution in [3.63, 3.8) is 0 Å². The lowest BCUT2D eigenvalue weighted by Gasteiger charge is -2.21. The maximum Gasteiger partial charge on any atom is 0.223 e. The molecule has 0 bridgehead atoms. The minimum atomic E-state index is 0.125. The molecule has 1 fully saturated rings. The van der Waals surface area contributed by atoms with Gasteiger partial charge in [0.1, 0.15) is 17.2 Å². The second-order valence-corrected chi connectivity index (χ2v) is 4.98. The summed E-state index contributed by atoms with van der Waals surface area (Å²) in [5, 5.41) is 0. The molecule has 0 aliphatic carbocycles. The molecule has 5 heteroatoms. The number of rotatable bonds is 6. The topological polar surface area (TPSA) is 48.0 Å². The molecule has 1 saturated heterocycles. The van der Waals surface area contributed by atoms with Gasteiger partial charge in [0.2, 0.25) is 5.91 Å². The van der Waals surface area contributed by atoms with E-state index in [9.17, 15) is 4.79 Å². The van der Waals surface area contributed by atoms with Crippen molar-refractivity contribution in [1.82, 2.24) is 4.90 Å². The van der Waals surface area contributed by atoms with E-state index in [-0.39, 0.29) is 11.8 Å². The van der Waals surface area contributed by atoms with Gasteiger partial charge in [0.05, 0.1) is 33.4 Å². The lowest BCUT2D eigenvalue weighted by molar-refractivity contribution is -0.128. The highest BCUT2D eigenvalue weighted by Gasteiger charge is 2.29. The predicted molar refractivity (Wildman–Crippen MR) is 79.8 cm³/mol. The molecule has 1 unspecified atom stereocenters. The number of hydrogen-bond donors (Lipinski definition) is 0. The molecule has 1 aliphatic heterocycles. The molecule has 1 heterocycles. The fourth-order valence-corrected chi connectivity index (χ4v) is 2.54. The van der Waals surface area contributed by atoms with E-state index < -0.39 is 0 Å². The summed E-state index contributed by atoms with van der Waals surface area (Å²) in [7, 11) is 4.78. The molecular formula is C16H21NO4. The quantitative estimate of drug-likeness (QED) is 0.754. The highest BCUT2D eigenvalue weighted by molar-refractivity contribution is 5.79. The molecule has 0 saturated carbocycles. The largest absolute Gasteiger partial charge is 0.496 e. The number of carbonyl (C=O) groups is 1. The van der Waals surface area contributed by atoms with Crippen LogP contribution in [0.2, 0.25) is 0 Å². The summed E-state index contributed by atoms with van der Waals surface area (Å²) >= 11 is 0. The van der Waals surface area contributed by atoms with Crippen LogP contribution in [0.4, 0.5) is 0 Å². The first-order valence-corrected chi connectivity index (χ1v) is 6.82. The van der Waals surface area contributed by atoms with Gasteiger partial charge in [-0.05, 0) is 0 Å². The molecule has 0 aromatic heterocycles. The first kappa shape index (κ1) is 15.2. The third-order valence-electron chi connectivity index (χ3n) is 3.74. The van der Waals surface area contributed by atoms with Crippen molar-refractivity contribution in [2.75, 3.05) is 27.9 Å². The van der Waals surface area contributed by atoms with Crippen LogP contribution in [0.5, 0.6) is 17.2 Å². The summed E-state index contributed by atoms with van der Waals surface area (Å²) in [6.45, 7) is 4.90. The standard InChI is InChI=1S/C16H21NO4/c1-5-11-6-16(18)17(9-11)10-13-14(20-3)7-12(19-2)8-15(13)21-4/h5,7-8,11H,1,6,9-10H2,2-4H3. The Kier molecular flexibility index (Phi) is 4.73. The van der Waals surface area contributed by atoms with Crippen LogP contribution in [0.1, 0.15) is 12.0 Å². The van der Waals surface area contributed by atoms with Crippen molar-refractivity contribution in [3.8, 4) is 17.2 Å². The highest BCUT2D eigenvalue weighted by atomic mass is 16.5. The van der Waals surface area contributed by atoms with E-state index in [1.165, 1.54) is 0 Å². The third-order valence-corrected chi connectivity index (χ3v) is 3.74. The minimum Gasteiger partial charge on any atom is -0.496 e. The lowest BCUT2D eigenvalue weighted by Crippen LogP contribution is -2.25. The smallest absolute Gasteiger partial charge is 0.223 e. The van der Waals surface area contributed by atoms with Gasteiger partial charge in [-0.1, -0.05) is 6.08 Å². The molecule has 0 radical (unpaired) electrons. The molecule has 114 valence electrons. The van der Waals surface area contributed by atoms with Gasteiger partial charge < -0.3 is 19.1 Å². The Hall–Kier alpha value is -2.17. The minimum absolute atomic E-state index is 0.125. The summed E-state index contributed by atoms with van der Waals surface area (Å²) in [6.07, 6.45) is 2.35. The van der Waals surface area contributed by atoms with Crippen LogP contribution in [-0.2, 0) is 11.3 Å². The van der Waals surface area contributed by atoms with E-state index >= 15 is 0 Å². The number of methoxy groups -OCH3 is 3. The Labute approximate surface area is 125 Å². The summed E-state index contributed by atoms with van der Waals surface area (Å²) in [6, 6.07) is 3.59. The summed E-state index contributed by atoms with van der Waals surface area (Å²) in [5.74, 6) is 2.30. The monoisotopic (exact) mass is 291 g/mol. The van der Waals surface area contributed by atoms with E-state index in [2.05, 4.69) is 6.58 Å². The van der Waals surface area contributed by atoms with Crippen molar-refractivity contribution in [1.29, 1.82) is 0 Å². The van der Waals surface area contributed by atoms with Gasteiger partial charge in [0.15, 0.2) is 0 Å². The number of carbonyl (C=O) groups excluding carboxylic acids is 1. The number of amides is 1. The van der Waals surface area contributed by atoms with Crippen LogP contribution >= 0.6 is 0 Å². The maximum atomic E-state index is 12.0. The average Bonchev–Trinajstić information content (AvgIpc) is 2.87. The summed E-state index contributed by atoms with van der Waals surface area (Å²) in [4.78, 5) is 13.8. The highest BCUT2D eigenvalue weighted by Crippen LogP contribution is 2.36.